The number of hydrogen-bond donors (Lipinski definition) is 4. The SMILES string of the molecule is CCOCc1nc(NN)cc(NCC(C)(C)CCCO)n1. The largest absolute Gasteiger partial charge is 0.396 e. The average Bonchev–Trinajstić information content (AvgIpc) is 2.49. The van der Waals surface area contributed by atoms with Crippen LogP contribution in [0.1, 0.15) is 39.4 Å². The summed E-state index contributed by atoms with van der Waals surface area (Å²) in [7, 11) is 0. The van der Waals surface area contributed by atoms with Crippen LogP contribution in [0.3, 0.4) is 0 Å². The third kappa shape index (κ3) is 6.70. The van der Waals surface area contributed by atoms with E-state index in [1.54, 1.807) is 6.07 Å². The third-order valence-electron chi connectivity index (χ3n) is 3.12. The molecule has 0 amide bonds. The van der Waals surface area contributed by atoms with Gasteiger partial charge in [0.05, 0.1) is 0 Å². The first-order valence-corrected chi connectivity index (χ1v) is 7.28. The van der Waals surface area contributed by atoms with Crippen molar-refractivity contribution in [1.82, 2.24) is 9.97 Å². The van der Waals surface area contributed by atoms with Gasteiger partial charge in [-0.2, -0.15) is 0 Å². The molecule has 0 fully saturated rings. The molecule has 7 heteroatoms. The fourth-order valence-corrected chi connectivity index (χ4v) is 1.90. The summed E-state index contributed by atoms with van der Waals surface area (Å²) in [6.07, 6.45) is 1.74. The van der Waals surface area contributed by atoms with E-state index in [1.807, 2.05) is 6.92 Å². The molecule has 5 N–H and O–H groups in total. The summed E-state index contributed by atoms with van der Waals surface area (Å²) >= 11 is 0. The number of nitrogens with two attached hydrogens (primary N) is 1. The molecule has 0 spiro atoms. The number of nitrogens with one attached hydrogen (secondary N) is 2. The van der Waals surface area contributed by atoms with Crippen LogP contribution < -0.4 is 16.6 Å². The van der Waals surface area contributed by atoms with E-state index in [9.17, 15) is 0 Å². The molecule has 21 heavy (non-hydrogen) atoms. The Bertz CT molecular complexity index is 426. The van der Waals surface area contributed by atoms with Gasteiger partial charge in [-0.25, -0.2) is 15.8 Å². The van der Waals surface area contributed by atoms with Gasteiger partial charge in [-0.1, -0.05) is 13.8 Å². The molecule has 1 aromatic heterocycles. The Kier molecular flexibility index (Phi) is 7.35. The standard InChI is InChI=1S/C14H27N5O2/c1-4-21-9-13-17-11(8-12(18-13)19-15)16-10-14(2,3)6-5-7-20/h8,20H,4-7,9-10,15H2,1-3H3,(H2,16,17,18,19). The molecule has 0 aliphatic heterocycles. The second kappa shape index (κ2) is 8.76. The molecule has 0 aliphatic rings. The van der Waals surface area contributed by atoms with Crippen LogP contribution in [0.2, 0.25) is 0 Å². The molecule has 1 rings (SSSR count). The number of aliphatic hydroxyl groups excluding tert-OH is 1. The molecule has 0 saturated carbocycles. The van der Waals surface area contributed by atoms with Crippen molar-refractivity contribution in [3.05, 3.63) is 11.9 Å². The van der Waals surface area contributed by atoms with E-state index < -0.39 is 0 Å². The van der Waals surface area contributed by atoms with Gasteiger partial charge in [0.25, 0.3) is 0 Å². The zero-order chi connectivity index (χ0) is 15.7. The lowest BCUT2D eigenvalue weighted by Gasteiger charge is -2.25. The van der Waals surface area contributed by atoms with E-state index in [4.69, 9.17) is 15.7 Å². The fourth-order valence-electron chi connectivity index (χ4n) is 1.90. The first kappa shape index (κ1) is 17.6. The number of ether oxygens (including phenoxy) is 1. The number of hydrazine groups is 1. The van der Waals surface area contributed by atoms with Crippen molar-refractivity contribution in [3.63, 3.8) is 0 Å². The Hall–Kier alpha value is -1.44. The smallest absolute Gasteiger partial charge is 0.158 e. The molecular formula is C14H27N5O2. The van der Waals surface area contributed by atoms with Crippen LogP contribution in [0, 0.1) is 5.41 Å². The van der Waals surface area contributed by atoms with E-state index in [0.29, 0.717) is 30.7 Å². The maximum Gasteiger partial charge on any atom is 0.158 e. The zero-order valence-electron chi connectivity index (χ0n) is 13.1. The third-order valence-corrected chi connectivity index (χ3v) is 3.12. The van der Waals surface area contributed by atoms with Crippen LogP contribution in [0.15, 0.2) is 6.07 Å². The van der Waals surface area contributed by atoms with Crippen molar-refractivity contribution in [2.45, 2.75) is 40.2 Å². The van der Waals surface area contributed by atoms with Crippen molar-refractivity contribution in [3.8, 4) is 0 Å². The van der Waals surface area contributed by atoms with E-state index in [1.165, 1.54) is 0 Å². The molecule has 7 nitrogen and oxygen atoms in total. The van der Waals surface area contributed by atoms with E-state index >= 15 is 0 Å². The summed E-state index contributed by atoms with van der Waals surface area (Å²) in [6.45, 7) is 8.17. The van der Waals surface area contributed by atoms with Crippen LogP contribution >= 0.6 is 0 Å². The average molecular weight is 297 g/mol. The van der Waals surface area contributed by atoms with Crippen molar-refractivity contribution in [2.24, 2.45) is 11.3 Å². The molecule has 1 aromatic rings. The number of nitrogens with zero attached hydrogens (tertiary/aromatic N) is 2. The fraction of sp³-hybridized carbons (Fsp3) is 0.714. The lowest BCUT2D eigenvalue weighted by molar-refractivity contribution is 0.128. The zero-order valence-corrected chi connectivity index (χ0v) is 13.1. The van der Waals surface area contributed by atoms with E-state index in [2.05, 4.69) is 34.6 Å². The normalized spacial score (nSPS) is 11.5. The van der Waals surface area contributed by atoms with E-state index in [0.717, 1.165) is 19.4 Å². The van der Waals surface area contributed by atoms with Crippen molar-refractivity contribution >= 4 is 11.6 Å². The van der Waals surface area contributed by atoms with Crippen molar-refractivity contribution in [2.75, 3.05) is 30.5 Å². The highest BCUT2D eigenvalue weighted by atomic mass is 16.5. The summed E-state index contributed by atoms with van der Waals surface area (Å²) in [5.74, 6) is 7.28. The van der Waals surface area contributed by atoms with Crippen LogP contribution in [0.25, 0.3) is 0 Å². The van der Waals surface area contributed by atoms with Crippen LogP contribution in [0.5, 0.6) is 0 Å². The summed E-state index contributed by atoms with van der Waals surface area (Å²) in [5, 5.41) is 12.2. The Balaban J connectivity index is 2.68. The Morgan fingerprint density at radius 1 is 1.33 bits per heavy atom. The maximum atomic E-state index is 8.92. The summed E-state index contributed by atoms with van der Waals surface area (Å²) in [6, 6.07) is 1.76. The molecule has 0 atom stereocenters. The van der Waals surface area contributed by atoms with E-state index in [-0.39, 0.29) is 12.0 Å². The van der Waals surface area contributed by atoms with Gasteiger partial charge in [-0.05, 0) is 25.2 Å². The van der Waals surface area contributed by atoms with Gasteiger partial charge in [-0.15, -0.1) is 0 Å². The number of hydrogen-bond acceptors (Lipinski definition) is 7. The lowest BCUT2D eigenvalue weighted by atomic mass is 9.88. The maximum absolute atomic E-state index is 8.92. The molecule has 0 aliphatic carbocycles. The first-order valence-electron chi connectivity index (χ1n) is 7.28. The van der Waals surface area contributed by atoms with Gasteiger partial charge in [0.15, 0.2) is 5.82 Å². The lowest BCUT2D eigenvalue weighted by Crippen LogP contribution is -2.24. The Morgan fingerprint density at radius 3 is 2.67 bits per heavy atom. The molecule has 120 valence electrons. The molecular weight excluding hydrogens is 270 g/mol. The second-order valence-corrected chi connectivity index (χ2v) is 5.68. The number of aromatic nitrogens is 2. The van der Waals surface area contributed by atoms with Crippen LogP contribution in [-0.2, 0) is 11.3 Å². The highest BCUT2D eigenvalue weighted by Gasteiger charge is 2.17. The Morgan fingerprint density at radius 2 is 2.05 bits per heavy atom. The minimum Gasteiger partial charge on any atom is -0.396 e. The number of aliphatic hydroxyl groups is 1. The quantitative estimate of drug-likeness (QED) is 0.383. The number of rotatable bonds is 10. The van der Waals surface area contributed by atoms with Crippen molar-refractivity contribution in [1.29, 1.82) is 0 Å². The van der Waals surface area contributed by atoms with Gasteiger partial charge in [-0.3, -0.25) is 0 Å². The topological polar surface area (TPSA) is 105 Å². The highest BCUT2D eigenvalue weighted by Crippen LogP contribution is 2.23. The highest BCUT2D eigenvalue weighted by molar-refractivity contribution is 5.46. The van der Waals surface area contributed by atoms with Gasteiger partial charge in [0, 0.05) is 25.8 Å². The summed E-state index contributed by atoms with van der Waals surface area (Å²) in [4.78, 5) is 8.65. The van der Waals surface area contributed by atoms with Gasteiger partial charge >= 0.3 is 0 Å². The molecule has 1 heterocycles. The van der Waals surface area contributed by atoms with Gasteiger partial charge in [0.1, 0.15) is 18.2 Å². The van der Waals surface area contributed by atoms with Crippen LogP contribution in [-0.4, -0.2) is 34.8 Å². The second-order valence-electron chi connectivity index (χ2n) is 5.68. The Labute approximate surface area is 126 Å². The van der Waals surface area contributed by atoms with Crippen LogP contribution in [0.4, 0.5) is 11.6 Å². The summed E-state index contributed by atoms with van der Waals surface area (Å²) < 4.78 is 5.32. The minimum absolute atomic E-state index is 0.0735. The summed E-state index contributed by atoms with van der Waals surface area (Å²) in [5.41, 5.74) is 2.61. The molecule has 0 radical (unpaired) electrons. The molecule has 0 bridgehead atoms. The number of nitrogen functional groups attached to an aromatic ring is 1. The molecule has 0 saturated heterocycles. The van der Waals surface area contributed by atoms with Gasteiger partial charge in [0.2, 0.25) is 0 Å². The van der Waals surface area contributed by atoms with Gasteiger partial charge < -0.3 is 20.6 Å². The monoisotopic (exact) mass is 297 g/mol. The van der Waals surface area contributed by atoms with Crippen molar-refractivity contribution < 1.29 is 9.84 Å². The molecule has 0 aromatic carbocycles. The predicted molar refractivity (Wildman–Crippen MR) is 83.8 cm³/mol. The number of anilines is 2. The first-order chi connectivity index (χ1) is 10.0. The minimum atomic E-state index is 0.0735. The molecule has 0 unspecified atom stereocenters. The predicted octanol–water partition coefficient (Wildman–Crippen LogP) is 1.51.